The highest BCUT2D eigenvalue weighted by atomic mass is 16.5. The summed E-state index contributed by atoms with van der Waals surface area (Å²) < 4.78 is 4.95. The molecule has 1 unspecified atom stereocenters. The summed E-state index contributed by atoms with van der Waals surface area (Å²) in [6.45, 7) is 7.69. The van der Waals surface area contributed by atoms with Crippen molar-refractivity contribution >= 4 is 11.8 Å². The van der Waals surface area contributed by atoms with E-state index < -0.39 is 5.92 Å². The molecular formula is C16H21NO3. The van der Waals surface area contributed by atoms with E-state index in [9.17, 15) is 9.59 Å². The molecule has 1 heterocycles. The molecule has 20 heavy (non-hydrogen) atoms. The highest BCUT2D eigenvalue weighted by Gasteiger charge is 2.37. The van der Waals surface area contributed by atoms with E-state index in [1.54, 1.807) is 6.92 Å². The Morgan fingerprint density at radius 3 is 2.85 bits per heavy atom. The molecule has 1 fully saturated rings. The van der Waals surface area contributed by atoms with Crippen molar-refractivity contribution in [1.82, 2.24) is 4.90 Å². The standard InChI is InChI=1S/C16H21NO3/c1-4-20-16(19)14-9-17(10-15(14)18)8-13-7-11(2)5-6-12(13)3/h5-7,14H,4,8-10H2,1-3H3. The maximum absolute atomic E-state index is 11.9. The highest BCUT2D eigenvalue weighted by molar-refractivity contribution is 6.01. The maximum Gasteiger partial charge on any atom is 0.317 e. The van der Waals surface area contributed by atoms with Crippen LogP contribution in [0.4, 0.5) is 0 Å². The molecule has 1 aromatic rings. The number of carbonyl (C=O) groups excluding carboxylic acids is 2. The van der Waals surface area contributed by atoms with Gasteiger partial charge in [0, 0.05) is 13.1 Å². The Kier molecular flexibility index (Phi) is 4.55. The lowest BCUT2D eigenvalue weighted by Crippen LogP contribution is -2.25. The fourth-order valence-electron chi connectivity index (χ4n) is 2.54. The molecule has 0 amide bonds. The summed E-state index contributed by atoms with van der Waals surface area (Å²) in [4.78, 5) is 25.6. The van der Waals surface area contributed by atoms with Gasteiger partial charge in [0.15, 0.2) is 5.78 Å². The van der Waals surface area contributed by atoms with E-state index in [1.165, 1.54) is 16.7 Å². The molecule has 0 radical (unpaired) electrons. The fraction of sp³-hybridized carbons (Fsp3) is 0.500. The molecule has 1 aliphatic rings. The van der Waals surface area contributed by atoms with Gasteiger partial charge in [-0.3, -0.25) is 14.5 Å². The number of nitrogens with zero attached hydrogens (tertiary/aromatic N) is 1. The van der Waals surface area contributed by atoms with Crippen LogP contribution in [0, 0.1) is 19.8 Å². The Balaban J connectivity index is 2.04. The Labute approximate surface area is 119 Å². The van der Waals surface area contributed by atoms with Crippen molar-refractivity contribution in [2.75, 3.05) is 19.7 Å². The van der Waals surface area contributed by atoms with Crippen molar-refractivity contribution in [3.05, 3.63) is 34.9 Å². The lowest BCUT2D eigenvalue weighted by atomic mass is 10.1. The molecule has 0 spiro atoms. The van der Waals surface area contributed by atoms with Crippen molar-refractivity contribution in [1.29, 1.82) is 0 Å². The lowest BCUT2D eigenvalue weighted by molar-refractivity contribution is -0.149. The number of carbonyl (C=O) groups is 2. The molecule has 108 valence electrons. The zero-order valence-corrected chi connectivity index (χ0v) is 12.3. The van der Waals surface area contributed by atoms with Gasteiger partial charge in [0.05, 0.1) is 13.2 Å². The molecule has 4 heteroatoms. The summed E-state index contributed by atoms with van der Waals surface area (Å²) in [5.41, 5.74) is 3.63. The number of aryl methyl sites for hydroxylation is 2. The van der Waals surface area contributed by atoms with Crippen LogP contribution in [0.25, 0.3) is 0 Å². The molecular weight excluding hydrogens is 254 g/mol. The second kappa shape index (κ2) is 6.18. The Hall–Kier alpha value is -1.68. The first-order valence-corrected chi connectivity index (χ1v) is 6.99. The molecule has 1 saturated heterocycles. The number of Topliss-reactive ketones (excluding diaryl/α,β-unsaturated/α-hetero) is 1. The quantitative estimate of drug-likeness (QED) is 0.621. The van der Waals surface area contributed by atoms with Crippen molar-refractivity contribution in [3.63, 3.8) is 0 Å². The average Bonchev–Trinajstić information content (AvgIpc) is 2.75. The molecule has 0 N–H and O–H groups in total. The number of esters is 1. The third-order valence-corrected chi connectivity index (χ3v) is 3.68. The van der Waals surface area contributed by atoms with Gasteiger partial charge < -0.3 is 4.74 Å². The summed E-state index contributed by atoms with van der Waals surface area (Å²) in [5.74, 6) is -1.03. The number of hydrogen-bond donors (Lipinski definition) is 0. The molecule has 0 aliphatic carbocycles. The minimum atomic E-state index is -0.611. The van der Waals surface area contributed by atoms with Crippen LogP contribution in [0.1, 0.15) is 23.6 Å². The van der Waals surface area contributed by atoms with Crippen LogP contribution in [0.5, 0.6) is 0 Å². The van der Waals surface area contributed by atoms with Gasteiger partial charge >= 0.3 is 5.97 Å². The summed E-state index contributed by atoms with van der Waals surface area (Å²) in [5, 5.41) is 0. The minimum Gasteiger partial charge on any atom is -0.465 e. The Morgan fingerprint density at radius 2 is 2.15 bits per heavy atom. The number of rotatable bonds is 4. The summed E-state index contributed by atoms with van der Waals surface area (Å²) in [6.07, 6.45) is 0. The first-order valence-electron chi connectivity index (χ1n) is 6.99. The van der Waals surface area contributed by atoms with E-state index in [1.807, 2.05) is 4.90 Å². The molecule has 2 rings (SSSR count). The highest BCUT2D eigenvalue weighted by Crippen LogP contribution is 2.19. The van der Waals surface area contributed by atoms with Crippen LogP contribution in [0.15, 0.2) is 18.2 Å². The van der Waals surface area contributed by atoms with E-state index in [2.05, 4.69) is 32.0 Å². The van der Waals surface area contributed by atoms with Crippen LogP contribution in [0.2, 0.25) is 0 Å². The first kappa shape index (κ1) is 14.7. The zero-order valence-electron chi connectivity index (χ0n) is 12.3. The van der Waals surface area contributed by atoms with Gasteiger partial charge in [-0.1, -0.05) is 23.8 Å². The van der Waals surface area contributed by atoms with Crippen molar-refractivity contribution < 1.29 is 14.3 Å². The van der Waals surface area contributed by atoms with Gasteiger partial charge in [-0.2, -0.15) is 0 Å². The van der Waals surface area contributed by atoms with Crippen LogP contribution in [-0.4, -0.2) is 36.3 Å². The SMILES string of the molecule is CCOC(=O)C1CN(Cc2cc(C)ccc2C)CC1=O. The molecule has 1 aliphatic heterocycles. The van der Waals surface area contributed by atoms with Crippen LogP contribution < -0.4 is 0 Å². The van der Waals surface area contributed by atoms with E-state index in [4.69, 9.17) is 4.74 Å². The van der Waals surface area contributed by atoms with Gasteiger partial charge in [0.2, 0.25) is 0 Å². The average molecular weight is 275 g/mol. The second-order valence-electron chi connectivity index (χ2n) is 5.37. The van der Waals surface area contributed by atoms with Crippen molar-refractivity contribution in [3.8, 4) is 0 Å². The number of ether oxygens (including phenoxy) is 1. The Bertz CT molecular complexity index is 524. The Morgan fingerprint density at radius 1 is 1.40 bits per heavy atom. The van der Waals surface area contributed by atoms with Crippen molar-refractivity contribution in [2.24, 2.45) is 5.92 Å². The van der Waals surface area contributed by atoms with E-state index in [-0.39, 0.29) is 11.8 Å². The topological polar surface area (TPSA) is 46.6 Å². The van der Waals surface area contributed by atoms with Crippen LogP contribution >= 0.6 is 0 Å². The van der Waals surface area contributed by atoms with Crippen LogP contribution in [-0.2, 0) is 20.9 Å². The number of benzene rings is 1. The van der Waals surface area contributed by atoms with Gasteiger partial charge in [-0.15, -0.1) is 0 Å². The predicted octanol–water partition coefficient (Wildman–Crippen LogP) is 1.87. The molecule has 0 saturated carbocycles. The minimum absolute atomic E-state index is 0.0336. The number of ketones is 1. The normalized spacial score (nSPS) is 19.4. The van der Waals surface area contributed by atoms with Gasteiger partial charge in [0.1, 0.15) is 5.92 Å². The lowest BCUT2D eigenvalue weighted by Gasteiger charge is -2.16. The summed E-state index contributed by atoms with van der Waals surface area (Å²) >= 11 is 0. The van der Waals surface area contributed by atoms with Gasteiger partial charge in [0.25, 0.3) is 0 Å². The largest absolute Gasteiger partial charge is 0.465 e. The predicted molar refractivity (Wildman–Crippen MR) is 76.3 cm³/mol. The third kappa shape index (κ3) is 3.25. The number of likely N-dealkylation sites (tertiary alicyclic amines) is 1. The molecule has 4 nitrogen and oxygen atoms in total. The van der Waals surface area contributed by atoms with E-state index >= 15 is 0 Å². The van der Waals surface area contributed by atoms with Gasteiger partial charge in [-0.05, 0) is 31.9 Å². The maximum atomic E-state index is 11.9. The van der Waals surface area contributed by atoms with Crippen molar-refractivity contribution in [2.45, 2.75) is 27.3 Å². The number of hydrogen-bond acceptors (Lipinski definition) is 4. The molecule has 0 bridgehead atoms. The second-order valence-corrected chi connectivity index (χ2v) is 5.37. The van der Waals surface area contributed by atoms with E-state index in [0.717, 1.165) is 0 Å². The monoisotopic (exact) mass is 275 g/mol. The zero-order chi connectivity index (χ0) is 14.7. The summed E-state index contributed by atoms with van der Waals surface area (Å²) in [6, 6.07) is 6.30. The van der Waals surface area contributed by atoms with E-state index in [0.29, 0.717) is 26.2 Å². The van der Waals surface area contributed by atoms with Gasteiger partial charge in [-0.25, -0.2) is 0 Å². The first-order chi connectivity index (χ1) is 9.51. The molecule has 0 aromatic heterocycles. The van der Waals surface area contributed by atoms with Crippen LogP contribution in [0.3, 0.4) is 0 Å². The summed E-state index contributed by atoms with van der Waals surface area (Å²) in [7, 11) is 0. The third-order valence-electron chi connectivity index (χ3n) is 3.68. The molecule has 1 atom stereocenters. The fourth-order valence-corrected chi connectivity index (χ4v) is 2.54. The smallest absolute Gasteiger partial charge is 0.317 e. The molecule has 1 aromatic carbocycles.